The van der Waals surface area contributed by atoms with Crippen LogP contribution in [0.4, 0.5) is 10.3 Å². The molecule has 2 aliphatic rings. The van der Waals surface area contributed by atoms with Gasteiger partial charge in [0.1, 0.15) is 5.82 Å². The zero-order valence-corrected chi connectivity index (χ0v) is 19.5. The summed E-state index contributed by atoms with van der Waals surface area (Å²) in [5.41, 5.74) is 1.91. The van der Waals surface area contributed by atoms with Crippen LogP contribution in [0, 0.1) is 5.82 Å². The highest BCUT2D eigenvalue weighted by Gasteiger charge is 2.29. The van der Waals surface area contributed by atoms with E-state index in [9.17, 15) is 9.18 Å². The van der Waals surface area contributed by atoms with Crippen molar-refractivity contribution in [2.45, 2.75) is 43.8 Å². The molecule has 34 heavy (non-hydrogen) atoms. The number of benzene rings is 1. The maximum Gasteiger partial charge on any atom is 0.251 e. The van der Waals surface area contributed by atoms with Crippen molar-refractivity contribution in [3.63, 3.8) is 0 Å². The lowest BCUT2D eigenvalue weighted by Gasteiger charge is -2.27. The fraction of sp³-hybridized carbons (Fsp3) is 0.400. The Morgan fingerprint density at radius 2 is 2.03 bits per heavy atom. The average molecular weight is 484 g/mol. The molecule has 0 bridgehead atoms. The van der Waals surface area contributed by atoms with Crippen molar-refractivity contribution in [2.75, 3.05) is 25.1 Å². The Morgan fingerprint density at radius 3 is 2.76 bits per heavy atom. The molecule has 0 unspecified atom stereocenters. The van der Waals surface area contributed by atoms with Gasteiger partial charge in [0, 0.05) is 49.3 Å². The largest absolute Gasteiger partial charge is 0.381 e. The van der Waals surface area contributed by atoms with Crippen LogP contribution in [0.25, 0.3) is 11.3 Å². The first-order valence-electron chi connectivity index (χ1n) is 11.7. The smallest absolute Gasteiger partial charge is 0.251 e. The molecule has 2 atom stereocenters. The summed E-state index contributed by atoms with van der Waals surface area (Å²) in [6.45, 7) is 2.32. The molecule has 2 saturated heterocycles. The minimum atomic E-state index is -0.489. The molecule has 7 nitrogen and oxygen atoms in total. The average Bonchev–Trinajstić information content (AvgIpc) is 3.38. The molecule has 1 aromatic carbocycles. The monoisotopic (exact) mass is 483 g/mol. The number of ether oxygens (including phenoxy) is 1. The minimum absolute atomic E-state index is 0.0263. The summed E-state index contributed by atoms with van der Waals surface area (Å²) >= 11 is 5.90. The Hall–Kier alpha value is -2.81. The number of rotatable bonds is 6. The first-order valence-corrected chi connectivity index (χ1v) is 12.0. The third-order valence-corrected chi connectivity index (χ3v) is 6.82. The molecule has 0 aliphatic carbocycles. The number of hydrogen-bond acceptors (Lipinski definition) is 6. The standard InChI is InChI=1S/C25H27ClFN5O2/c26-19-4-3-17(14-20(19)27)24(22-2-1-9-28-22)32-11-6-16(15-23(32)33)21-5-10-29-25(31-21)30-18-7-12-34-13-8-18/h3-6,10-11,14-15,18,22,24,28H,1-2,7-9,12-13H2,(H,29,30,31)/t22-,24+/m1/s1. The number of nitrogens with one attached hydrogen (secondary N) is 2. The van der Waals surface area contributed by atoms with Crippen LogP contribution in [0.5, 0.6) is 0 Å². The lowest BCUT2D eigenvalue weighted by molar-refractivity contribution is 0.0903. The van der Waals surface area contributed by atoms with Crippen LogP contribution >= 0.6 is 11.6 Å². The van der Waals surface area contributed by atoms with Gasteiger partial charge in [-0.1, -0.05) is 17.7 Å². The fourth-order valence-corrected chi connectivity index (χ4v) is 4.87. The molecule has 0 spiro atoms. The van der Waals surface area contributed by atoms with Crippen molar-refractivity contribution in [1.82, 2.24) is 19.9 Å². The second-order valence-electron chi connectivity index (χ2n) is 8.78. The van der Waals surface area contributed by atoms with Gasteiger partial charge in [-0.2, -0.15) is 0 Å². The summed E-state index contributed by atoms with van der Waals surface area (Å²) in [5.74, 6) is 0.0515. The van der Waals surface area contributed by atoms with Crippen LogP contribution in [-0.2, 0) is 4.74 Å². The molecule has 5 rings (SSSR count). The topological polar surface area (TPSA) is 81.1 Å². The van der Waals surface area contributed by atoms with E-state index in [2.05, 4.69) is 20.6 Å². The van der Waals surface area contributed by atoms with E-state index in [0.717, 1.165) is 45.4 Å². The van der Waals surface area contributed by atoms with Gasteiger partial charge >= 0.3 is 0 Å². The predicted octanol–water partition coefficient (Wildman–Crippen LogP) is 4.03. The lowest BCUT2D eigenvalue weighted by Crippen LogP contribution is -2.38. The van der Waals surface area contributed by atoms with Gasteiger partial charge in [-0.3, -0.25) is 4.79 Å². The summed E-state index contributed by atoms with van der Waals surface area (Å²) in [7, 11) is 0. The van der Waals surface area contributed by atoms with E-state index < -0.39 is 5.82 Å². The van der Waals surface area contributed by atoms with Crippen LogP contribution in [-0.4, -0.2) is 46.4 Å². The van der Waals surface area contributed by atoms with E-state index in [-0.39, 0.29) is 28.7 Å². The molecule has 0 saturated carbocycles. The van der Waals surface area contributed by atoms with Crippen LogP contribution < -0.4 is 16.2 Å². The van der Waals surface area contributed by atoms with Gasteiger partial charge in [0.05, 0.1) is 16.8 Å². The molecule has 2 aliphatic heterocycles. The van der Waals surface area contributed by atoms with E-state index in [4.69, 9.17) is 16.3 Å². The van der Waals surface area contributed by atoms with Crippen molar-refractivity contribution < 1.29 is 9.13 Å². The number of pyridine rings is 1. The molecule has 178 valence electrons. The maximum atomic E-state index is 14.3. The highest BCUT2D eigenvalue weighted by molar-refractivity contribution is 6.30. The Bertz CT molecular complexity index is 1210. The summed E-state index contributed by atoms with van der Waals surface area (Å²) in [4.78, 5) is 22.2. The van der Waals surface area contributed by atoms with E-state index in [1.54, 1.807) is 41.2 Å². The molecule has 4 heterocycles. The number of anilines is 1. The van der Waals surface area contributed by atoms with Gasteiger partial charge in [-0.15, -0.1) is 0 Å². The molecule has 3 aromatic rings. The normalized spacial score (nSPS) is 19.8. The molecular weight excluding hydrogens is 457 g/mol. The van der Waals surface area contributed by atoms with Gasteiger partial charge in [-0.05, 0) is 62.1 Å². The highest BCUT2D eigenvalue weighted by Crippen LogP contribution is 2.29. The quantitative estimate of drug-likeness (QED) is 0.551. The Kier molecular flexibility index (Phi) is 6.89. The molecule has 0 amide bonds. The number of aromatic nitrogens is 3. The van der Waals surface area contributed by atoms with Crippen molar-refractivity contribution in [2.24, 2.45) is 0 Å². The second kappa shape index (κ2) is 10.2. The predicted molar refractivity (Wildman–Crippen MR) is 130 cm³/mol. The third kappa shape index (κ3) is 4.99. The van der Waals surface area contributed by atoms with E-state index in [1.807, 2.05) is 6.07 Å². The number of halogens is 2. The molecule has 0 radical (unpaired) electrons. The molecule has 9 heteroatoms. The van der Waals surface area contributed by atoms with Crippen LogP contribution in [0.2, 0.25) is 5.02 Å². The van der Waals surface area contributed by atoms with Crippen molar-refractivity contribution in [3.05, 3.63) is 75.5 Å². The number of nitrogens with zero attached hydrogens (tertiary/aromatic N) is 3. The third-order valence-electron chi connectivity index (χ3n) is 6.52. The Balaban J connectivity index is 1.44. The lowest BCUT2D eigenvalue weighted by atomic mass is 9.97. The summed E-state index contributed by atoms with van der Waals surface area (Å²) < 4.78 is 21.3. The molecule has 2 N–H and O–H groups in total. The van der Waals surface area contributed by atoms with Gasteiger partial charge in [0.25, 0.3) is 5.56 Å². The SMILES string of the molecule is O=c1cc(-c2ccnc(NC3CCOCC3)n2)ccn1[C@@H](c1ccc(Cl)c(F)c1)[C@H]1CCCN1. The van der Waals surface area contributed by atoms with E-state index >= 15 is 0 Å². The second-order valence-corrected chi connectivity index (χ2v) is 9.19. The van der Waals surface area contributed by atoms with E-state index in [0.29, 0.717) is 22.8 Å². The van der Waals surface area contributed by atoms with Gasteiger partial charge in [-0.25, -0.2) is 14.4 Å². The zero-order chi connectivity index (χ0) is 23.5. The fourth-order valence-electron chi connectivity index (χ4n) is 4.76. The molecule has 2 aromatic heterocycles. The van der Waals surface area contributed by atoms with Crippen LogP contribution in [0.15, 0.2) is 53.6 Å². The zero-order valence-electron chi connectivity index (χ0n) is 18.7. The molecular formula is C25H27ClFN5O2. The van der Waals surface area contributed by atoms with Crippen molar-refractivity contribution in [3.8, 4) is 11.3 Å². The van der Waals surface area contributed by atoms with E-state index in [1.165, 1.54) is 6.07 Å². The maximum absolute atomic E-state index is 14.3. The first-order chi connectivity index (χ1) is 16.6. The highest BCUT2D eigenvalue weighted by atomic mass is 35.5. The van der Waals surface area contributed by atoms with Crippen LogP contribution in [0.1, 0.15) is 37.3 Å². The summed E-state index contributed by atoms with van der Waals surface area (Å²) in [6.07, 6.45) is 7.18. The van der Waals surface area contributed by atoms with Gasteiger partial charge in [0.15, 0.2) is 0 Å². The van der Waals surface area contributed by atoms with Crippen molar-refractivity contribution in [1.29, 1.82) is 0 Å². The van der Waals surface area contributed by atoms with Gasteiger partial charge in [0.2, 0.25) is 5.95 Å². The number of hydrogen-bond donors (Lipinski definition) is 2. The van der Waals surface area contributed by atoms with Crippen molar-refractivity contribution >= 4 is 17.5 Å². The Morgan fingerprint density at radius 1 is 1.18 bits per heavy atom. The van der Waals surface area contributed by atoms with Gasteiger partial charge < -0.3 is 19.9 Å². The summed E-state index contributed by atoms with van der Waals surface area (Å²) in [5, 5.41) is 6.89. The first kappa shape index (κ1) is 23.0. The molecule has 2 fully saturated rings. The minimum Gasteiger partial charge on any atom is -0.381 e. The Labute approximate surface area is 202 Å². The summed E-state index contributed by atoms with van der Waals surface area (Å²) in [6, 6.07) is 9.95. The van der Waals surface area contributed by atoms with Crippen LogP contribution in [0.3, 0.4) is 0 Å².